The predicted octanol–water partition coefficient (Wildman–Crippen LogP) is 8.70. The monoisotopic (exact) mass is 532 g/mol. The van der Waals surface area contributed by atoms with Gasteiger partial charge < -0.3 is 20.8 Å². The molecule has 0 aliphatic carbocycles. The standard InChI is InChI=1S/C23H32O2.2C4H10N.Ti/c1-14-11-16(20(24)19(12-14)23(6,7)8)13-17-15(2)9-10-18(21(17)25)22(3,4)5;2*1-3-5-4-2;/h9-12,24-25H,13H2,1-8H3;2*3-4H2,1-2H3;/q;2*-1;+2. The van der Waals surface area contributed by atoms with Gasteiger partial charge in [-0.3, -0.25) is 0 Å². The van der Waals surface area contributed by atoms with Crippen molar-refractivity contribution < 1.29 is 31.9 Å². The normalized spacial score (nSPS) is 11.0. The maximum Gasteiger partial charge on any atom is 2.00 e. The first-order valence-electron chi connectivity index (χ1n) is 13.1. The molecule has 0 saturated heterocycles. The number of phenolic OH excluding ortho intramolecular Hbond substituents is 2. The van der Waals surface area contributed by atoms with Crippen molar-refractivity contribution in [3.05, 3.63) is 68.3 Å². The maximum atomic E-state index is 10.9. The van der Waals surface area contributed by atoms with Crippen LogP contribution in [0.2, 0.25) is 0 Å². The summed E-state index contributed by atoms with van der Waals surface area (Å²) in [5, 5.41) is 29.7. The van der Waals surface area contributed by atoms with Gasteiger partial charge in [0.25, 0.3) is 0 Å². The van der Waals surface area contributed by atoms with Crippen LogP contribution in [-0.2, 0) is 39.0 Å². The van der Waals surface area contributed by atoms with Crippen LogP contribution in [-0.4, -0.2) is 36.4 Å². The van der Waals surface area contributed by atoms with Crippen molar-refractivity contribution in [2.24, 2.45) is 0 Å². The molecule has 36 heavy (non-hydrogen) atoms. The van der Waals surface area contributed by atoms with Gasteiger partial charge in [0.1, 0.15) is 11.5 Å². The molecule has 202 valence electrons. The molecular weight excluding hydrogens is 480 g/mol. The van der Waals surface area contributed by atoms with Crippen molar-refractivity contribution in [2.75, 3.05) is 26.2 Å². The minimum absolute atomic E-state index is 0. The first-order valence-corrected chi connectivity index (χ1v) is 13.1. The average Bonchev–Trinajstić information content (AvgIpc) is 2.73. The van der Waals surface area contributed by atoms with Gasteiger partial charge in [0.15, 0.2) is 0 Å². The molecule has 0 radical (unpaired) electrons. The van der Waals surface area contributed by atoms with Gasteiger partial charge in [0, 0.05) is 12.0 Å². The molecule has 0 aliphatic heterocycles. The van der Waals surface area contributed by atoms with Crippen LogP contribution < -0.4 is 0 Å². The summed E-state index contributed by atoms with van der Waals surface area (Å²) in [7, 11) is 0. The summed E-state index contributed by atoms with van der Waals surface area (Å²) < 4.78 is 0. The quantitative estimate of drug-likeness (QED) is 0.365. The van der Waals surface area contributed by atoms with Gasteiger partial charge in [0.05, 0.1) is 0 Å². The second kappa shape index (κ2) is 17.2. The van der Waals surface area contributed by atoms with Crippen LogP contribution in [0.1, 0.15) is 103 Å². The summed E-state index contributed by atoms with van der Waals surface area (Å²) in [6.07, 6.45) is 0.526. The van der Waals surface area contributed by atoms with Crippen LogP contribution in [0.15, 0.2) is 24.3 Å². The van der Waals surface area contributed by atoms with Gasteiger partial charge in [-0.1, -0.05) is 99.1 Å². The molecule has 0 atom stereocenters. The molecule has 2 N–H and O–H groups in total. The number of hydrogen-bond donors (Lipinski definition) is 2. The van der Waals surface area contributed by atoms with Crippen LogP contribution in [0.5, 0.6) is 11.5 Å². The van der Waals surface area contributed by atoms with Crippen LogP contribution in [0.3, 0.4) is 0 Å². The first kappa shape index (κ1) is 36.8. The summed E-state index contributed by atoms with van der Waals surface area (Å²) in [5.74, 6) is 0.698. The van der Waals surface area contributed by atoms with Gasteiger partial charge in [-0.05, 0) is 46.9 Å². The zero-order valence-electron chi connectivity index (χ0n) is 25.1. The Bertz CT molecular complexity index is 887. The van der Waals surface area contributed by atoms with E-state index >= 15 is 0 Å². The van der Waals surface area contributed by atoms with Crippen LogP contribution in [0, 0.1) is 13.8 Å². The number of nitrogens with zero attached hydrogens (tertiary/aromatic N) is 2. The van der Waals surface area contributed by atoms with Crippen molar-refractivity contribution in [1.29, 1.82) is 0 Å². The topological polar surface area (TPSA) is 68.7 Å². The molecule has 2 rings (SSSR count). The van der Waals surface area contributed by atoms with Gasteiger partial charge in [-0.2, -0.15) is 26.2 Å². The van der Waals surface area contributed by atoms with Crippen molar-refractivity contribution in [3.63, 3.8) is 0 Å². The molecule has 0 unspecified atom stereocenters. The maximum absolute atomic E-state index is 10.9. The SMILES string of the molecule is CC[N-]CC.CC[N-]CC.Cc1cc(Cc2c(C)ccc(C(C)(C)C)c2O)c(O)c(C(C)(C)C)c1.[Ti+2]. The molecule has 0 heterocycles. The van der Waals surface area contributed by atoms with E-state index in [1.807, 2.05) is 46.8 Å². The first-order chi connectivity index (χ1) is 16.1. The average molecular weight is 533 g/mol. The van der Waals surface area contributed by atoms with E-state index in [1.165, 1.54) is 0 Å². The minimum Gasteiger partial charge on any atom is -0.663 e. The van der Waals surface area contributed by atoms with Crippen molar-refractivity contribution >= 4 is 0 Å². The molecule has 4 nitrogen and oxygen atoms in total. The number of hydrogen-bond acceptors (Lipinski definition) is 2. The Hall–Kier alpha value is -1.33. The summed E-state index contributed by atoms with van der Waals surface area (Å²) >= 11 is 0. The molecular formula is C31H52N2O2Ti. The Morgan fingerprint density at radius 3 is 1.47 bits per heavy atom. The Morgan fingerprint density at radius 1 is 0.667 bits per heavy atom. The number of aryl methyl sites for hydroxylation is 2. The summed E-state index contributed by atoms with van der Waals surface area (Å²) in [6, 6.07) is 8.14. The smallest absolute Gasteiger partial charge is 0.663 e. The van der Waals surface area contributed by atoms with Gasteiger partial charge in [0.2, 0.25) is 0 Å². The van der Waals surface area contributed by atoms with Crippen LogP contribution >= 0.6 is 0 Å². The Morgan fingerprint density at radius 2 is 1.11 bits per heavy atom. The summed E-state index contributed by atoms with van der Waals surface area (Å²) in [4.78, 5) is 0. The molecule has 5 heteroatoms. The summed E-state index contributed by atoms with van der Waals surface area (Å²) in [5.41, 5.74) is 5.57. The van der Waals surface area contributed by atoms with Crippen molar-refractivity contribution in [2.45, 2.75) is 100 Å². The van der Waals surface area contributed by atoms with E-state index in [2.05, 4.69) is 71.2 Å². The van der Waals surface area contributed by atoms with Crippen molar-refractivity contribution in [1.82, 2.24) is 0 Å². The summed E-state index contributed by atoms with van der Waals surface area (Å²) in [6.45, 7) is 28.7. The van der Waals surface area contributed by atoms with Crippen molar-refractivity contribution in [3.8, 4) is 11.5 Å². The molecule has 2 aromatic carbocycles. The Kier molecular flexibility index (Phi) is 17.6. The molecule has 0 spiro atoms. The molecule has 0 amide bonds. The molecule has 0 bridgehead atoms. The second-order valence-electron chi connectivity index (χ2n) is 11.0. The molecule has 0 fully saturated rings. The van der Waals surface area contributed by atoms with E-state index in [9.17, 15) is 10.2 Å². The van der Waals surface area contributed by atoms with E-state index in [-0.39, 0.29) is 32.5 Å². The predicted molar refractivity (Wildman–Crippen MR) is 155 cm³/mol. The van der Waals surface area contributed by atoms with Crippen LogP contribution in [0.25, 0.3) is 10.6 Å². The van der Waals surface area contributed by atoms with Crippen LogP contribution in [0.4, 0.5) is 0 Å². The van der Waals surface area contributed by atoms with Gasteiger partial charge in [-0.15, -0.1) is 0 Å². The van der Waals surface area contributed by atoms with E-state index in [0.29, 0.717) is 17.9 Å². The Balaban J connectivity index is 0. The largest absolute Gasteiger partial charge is 2.00 e. The van der Waals surface area contributed by atoms with E-state index in [4.69, 9.17) is 0 Å². The number of rotatable bonds is 6. The van der Waals surface area contributed by atoms with E-state index in [0.717, 1.165) is 59.6 Å². The fourth-order valence-electron chi connectivity index (χ4n) is 3.76. The molecule has 2 aromatic rings. The third-order valence-electron chi connectivity index (χ3n) is 5.73. The van der Waals surface area contributed by atoms with E-state index in [1.54, 1.807) is 0 Å². The number of aromatic hydroxyl groups is 2. The minimum atomic E-state index is -0.130. The fourth-order valence-corrected chi connectivity index (χ4v) is 3.76. The zero-order valence-corrected chi connectivity index (χ0v) is 26.7. The Labute approximate surface area is 237 Å². The van der Waals surface area contributed by atoms with Gasteiger partial charge in [-0.25, -0.2) is 0 Å². The fraction of sp³-hybridized carbons (Fsp3) is 0.613. The molecule has 0 aliphatic rings. The molecule has 0 aromatic heterocycles. The third-order valence-corrected chi connectivity index (χ3v) is 5.73. The van der Waals surface area contributed by atoms with E-state index < -0.39 is 0 Å². The number of phenols is 2. The third kappa shape index (κ3) is 12.3. The zero-order chi connectivity index (χ0) is 27.4. The second-order valence-corrected chi connectivity index (χ2v) is 11.0. The molecule has 0 saturated carbocycles. The number of benzene rings is 2. The van der Waals surface area contributed by atoms with Gasteiger partial charge >= 0.3 is 21.7 Å².